The van der Waals surface area contributed by atoms with Crippen LogP contribution < -0.4 is 10.6 Å². The van der Waals surface area contributed by atoms with E-state index in [4.69, 9.17) is 25.7 Å². The Balaban J connectivity index is 1.77. The molecular weight excluding hydrogens is 416 g/mol. The first-order valence-corrected chi connectivity index (χ1v) is 10.5. The Bertz CT molecular complexity index is 1150. The number of benzene rings is 2. The van der Waals surface area contributed by atoms with E-state index in [2.05, 4.69) is 15.6 Å². The van der Waals surface area contributed by atoms with Crippen LogP contribution in [0.5, 0.6) is 0 Å². The highest BCUT2D eigenvalue weighted by molar-refractivity contribution is 6.31. The lowest BCUT2D eigenvalue weighted by atomic mass is 9.92. The molecule has 7 nitrogen and oxygen atoms in total. The van der Waals surface area contributed by atoms with Crippen LogP contribution >= 0.6 is 11.6 Å². The van der Waals surface area contributed by atoms with Gasteiger partial charge in [-0.15, -0.1) is 0 Å². The number of para-hydroxylation sites is 2. The number of rotatable bonds is 5. The van der Waals surface area contributed by atoms with E-state index in [0.717, 1.165) is 5.52 Å². The van der Waals surface area contributed by atoms with E-state index in [1.54, 1.807) is 13.0 Å². The molecule has 1 aliphatic rings. The Morgan fingerprint density at radius 2 is 1.97 bits per heavy atom. The quantitative estimate of drug-likeness (QED) is 0.541. The normalized spacial score (nSPS) is 16.3. The maximum atomic E-state index is 12.9. The molecule has 2 aromatic carbocycles. The van der Waals surface area contributed by atoms with Gasteiger partial charge in [-0.05, 0) is 31.0 Å². The zero-order chi connectivity index (χ0) is 22.0. The number of carbonyl (C=O) groups excluding carboxylic acids is 1. The van der Waals surface area contributed by atoms with Gasteiger partial charge in [-0.2, -0.15) is 4.98 Å². The standard InChI is InChI=1S/C23H23ClN4O3/c1-4-30-21(29)18-19(13(2)3)26-22(27-20(18)14-9-5-6-10-15(14)24)28-23-25-16-11-7-8-12-17(16)31-23/h5-13,20H,4H2,1-3H3,(H2,25,26,27,28). The number of anilines is 1. The van der Waals surface area contributed by atoms with Crippen molar-refractivity contribution < 1.29 is 13.9 Å². The topological polar surface area (TPSA) is 88.8 Å². The zero-order valence-electron chi connectivity index (χ0n) is 17.5. The van der Waals surface area contributed by atoms with Gasteiger partial charge >= 0.3 is 12.0 Å². The molecule has 0 bridgehead atoms. The van der Waals surface area contributed by atoms with Gasteiger partial charge in [0.25, 0.3) is 0 Å². The zero-order valence-corrected chi connectivity index (χ0v) is 18.2. The molecule has 31 heavy (non-hydrogen) atoms. The largest absolute Gasteiger partial charge is 0.463 e. The molecule has 3 aromatic rings. The summed E-state index contributed by atoms with van der Waals surface area (Å²) in [6, 6.07) is 14.5. The average molecular weight is 439 g/mol. The number of nitrogens with one attached hydrogen (secondary N) is 2. The number of nitrogens with zero attached hydrogens (tertiary/aromatic N) is 2. The predicted octanol–water partition coefficient (Wildman–Crippen LogP) is 5.07. The lowest BCUT2D eigenvalue weighted by Gasteiger charge is -2.29. The van der Waals surface area contributed by atoms with Crippen molar-refractivity contribution in [2.45, 2.75) is 26.8 Å². The Labute approximate surface area is 185 Å². The number of carbonyl (C=O) groups is 1. The number of aromatic nitrogens is 1. The molecule has 4 rings (SSSR count). The van der Waals surface area contributed by atoms with E-state index >= 15 is 0 Å². The van der Waals surface area contributed by atoms with Crippen LogP contribution in [0.3, 0.4) is 0 Å². The lowest BCUT2D eigenvalue weighted by molar-refractivity contribution is -0.139. The number of hydrogen-bond donors (Lipinski definition) is 2. The number of aliphatic imine (C=N–C) groups is 1. The molecule has 0 saturated carbocycles. The molecule has 0 radical (unpaired) electrons. The smallest absolute Gasteiger partial charge is 0.338 e. The van der Waals surface area contributed by atoms with Crippen molar-refractivity contribution in [1.29, 1.82) is 0 Å². The van der Waals surface area contributed by atoms with Gasteiger partial charge in [0, 0.05) is 16.3 Å². The van der Waals surface area contributed by atoms with E-state index in [1.807, 2.05) is 56.3 Å². The lowest BCUT2D eigenvalue weighted by Crippen LogP contribution is -2.39. The highest BCUT2D eigenvalue weighted by atomic mass is 35.5. The third-order valence-corrected chi connectivity index (χ3v) is 5.21. The molecule has 1 aliphatic heterocycles. The van der Waals surface area contributed by atoms with Gasteiger partial charge in [0.1, 0.15) is 11.6 Å². The molecule has 160 valence electrons. The molecule has 0 amide bonds. The fourth-order valence-electron chi connectivity index (χ4n) is 3.47. The summed E-state index contributed by atoms with van der Waals surface area (Å²) >= 11 is 6.48. The summed E-state index contributed by atoms with van der Waals surface area (Å²) < 4.78 is 11.1. The molecule has 1 atom stereocenters. The summed E-state index contributed by atoms with van der Waals surface area (Å²) in [5.41, 5.74) is 3.25. The van der Waals surface area contributed by atoms with Crippen LogP contribution in [0.15, 0.2) is 69.2 Å². The Morgan fingerprint density at radius 3 is 2.68 bits per heavy atom. The fraction of sp³-hybridized carbons (Fsp3) is 0.261. The maximum Gasteiger partial charge on any atom is 0.338 e. The second-order valence-corrected chi connectivity index (χ2v) is 7.75. The molecule has 0 fully saturated rings. The molecule has 2 heterocycles. The highest BCUT2D eigenvalue weighted by Crippen LogP contribution is 2.37. The average Bonchev–Trinajstić information content (AvgIpc) is 3.16. The molecule has 0 spiro atoms. The van der Waals surface area contributed by atoms with Crippen LogP contribution in [0, 0.1) is 5.92 Å². The highest BCUT2D eigenvalue weighted by Gasteiger charge is 2.34. The van der Waals surface area contributed by atoms with Crippen LogP contribution in [-0.2, 0) is 9.53 Å². The molecule has 0 aliphatic carbocycles. The summed E-state index contributed by atoms with van der Waals surface area (Å²) in [5.74, 6) is -0.0122. The number of halogens is 1. The van der Waals surface area contributed by atoms with Gasteiger partial charge in [0.2, 0.25) is 5.96 Å². The van der Waals surface area contributed by atoms with Crippen molar-refractivity contribution in [2.75, 3.05) is 11.9 Å². The summed E-state index contributed by atoms with van der Waals surface area (Å²) in [6.45, 7) is 6.03. The Hall–Kier alpha value is -3.32. The monoisotopic (exact) mass is 438 g/mol. The minimum atomic E-state index is -0.640. The van der Waals surface area contributed by atoms with Crippen LogP contribution in [0.4, 0.5) is 6.01 Å². The number of esters is 1. The van der Waals surface area contributed by atoms with E-state index in [-0.39, 0.29) is 12.5 Å². The second kappa shape index (κ2) is 8.81. The fourth-order valence-corrected chi connectivity index (χ4v) is 3.71. The third-order valence-electron chi connectivity index (χ3n) is 4.87. The Kier molecular flexibility index (Phi) is 5.95. The minimum Gasteiger partial charge on any atom is -0.463 e. The molecule has 2 N–H and O–H groups in total. The summed E-state index contributed by atoms with van der Waals surface area (Å²) in [7, 11) is 0. The second-order valence-electron chi connectivity index (χ2n) is 7.34. The van der Waals surface area contributed by atoms with Gasteiger partial charge in [0.15, 0.2) is 5.58 Å². The molecular formula is C23H23ClN4O3. The van der Waals surface area contributed by atoms with Gasteiger partial charge in [0.05, 0.1) is 12.2 Å². The molecule has 1 aromatic heterocycles. The molecule has 8 heteroatoms. The van der Waals surface area contributed by atoms with Crippen molar-refractivity contribution in [3.8, 4) is 0 Å². The van der Waals surface area contributed by atoms with Crippen LogP contribution in [0.2, 0.25) is 5.02 Å². The first-order valence-electron chi connectivity index (χ1n) is 10.1. The van der Waals surface area contributed by atoms with Gasteiger partial charge < -0.3 is 14.5 Å². The third kappa shape index (κ3) is 4.27. The SMILES string of the molecule is CCOC(=O)C1=C(C(C)C)NC(Nc2nc3ccccc3o2)=NC1c1ccccc1Cl. The number of oxazole rings is 1. The first kappa shape index (κ1) is 20.9. The van der Waals surface area contributed by atoms with E-state index < -0.39 is 12.0 Å². The van der Waals surface area contributed by atoms with Crippen molar-refractivity contribution in [2.24, 2.45) is 10.9 Å². The summed E-state index contributed by atoms with van der Waals surface area (Å²) in [4.78, 5) is 22.1. The predicted molar refractivity (Wildman–Crippen MR) is 121 cm³/mol. The van der Waals surface area contributed by atoms with E-state index in [9.17, 15) is 4.79 Å². The summed E-state index contributed by atoms with van der Waals surface area (Å²) in [6.07, 6.45) is 0. The van der Waals surface area contributed by atoms with Gasteiger partial charge in [-0.1, -0.05) is 55.8 Å². The van der Waals surface area contributed by atoms with E-state index in [0.29, 0.717) is 39.4 Å². The summed E-state index contributed by atoms with van der Waals surface area (Å²) in [5, 5.41) is 6.84. The number of ether oxygens (including phenoxy) is 1. The van der Waals surface area contributed by atoms with Gasteiger partial charge in [-0.3, -0.25) is 5.32 Å². The minimum absolute atomic E-state index is 0.000302. The van der Waals surface area contributed by atoms with Crippen molar-refractivity contribution >= 4 is 40.6 Å². The number of allylic oxidation sites excluding steroid dienone is 1. The number of hydrogen-bond acceptors (Lipinski definition) is 7. The van der Waals surface area contributed by atoms with Crippen molar-refractivity contribution in [3.63, 3.8) is 0 Å². The number of guanidine groups is 1. The van der Waals surface area contributed by atoms with Crippen LogP contribution in [-0.4, -0.2) is 23.5 Å². The van der Waals surface area contributed by atoms with Crippen molar-refractivity contribution in [3.05, 3.63) is 70.4 Å². The first-order chi connectivity index (χ1) is 15.0. The van der Waals surface area contributed by atoms with Crippen LogP contribution in [0.25, 0.3) is 11.1 Å². The van der Waals surface area contributed by atoms with Crippen molar-refractivity contribution in [1.82, 2.24) is 10.3 Å². The molecule has 0 saturated heterocycles. The Morgan fingerprint density at radius 1 is 1.23 bits per heavy atom. The molecule has 1 unspecified atom stereocenters. The van der Waals surface area contributed by atoms with E-state index in [1.165, 1.54) is 0 Å². The maximum absolute atomic E-state index is 12.9. The van der Waals surface area contributed by atoms with Crippen LogP contribution in [0.1, 0.15) is 32.4 Å². The van der Waals surface area contributed by atoms with Gasteiger partial charge in [-0.25, -0.2) is 9.79 Å². The number of fused-ring (bicyclic) bond motifs is 1.